The minimum absolute atomic E-state index is 0.921. The Bertz CT molecular complexity index is 343. The summed E-state index contributed by atoms with van der Waals surface area (Å²) < 4.78 is 4.16. The number of hydrogen-bond donors (Lipinski definition) is 0. The van der Waals surface area contributed by atoms with Crippen molar-refractivity contribution in [3.8, 4) is 0 Å². The van der Waals surface area contributed by atoms with Crippen molar-refractivity contribution in [3.05, 3.63) is 0 Å². The lowest BCUT2D eigenvalue weighted by atomic mass is 9.77. The fraction of sp³-hybridized carbons (Fsp3) is 0.500. The maximum absolute atomic E-state index is 11.5. The van der Waals surface area contributed by atoms with E-state index in [0.717, 1.165) is 27.7 Å². The van der Waals surface area contributed by atoms with Gasteiger partial charge in [0, 0.05) is 6.92 Å². The van der Waals surface area contributed by atoms with E-state index in [0.29, 0.717) is 0 Å². The first-order chi connectivity index (χ1) is 7.17. The van der Waals surface area contributed by atoms with Crippen LogP contribution in [0.5, 0.6) is 0 Å². The van der Waals surface area contributed by atoms with Crippen molar-refractivity contribution in [2.75, 3.05) is 0 Å². The van der Waals surface area contributed by atoms with Gasteiger partial charge < -0.3 is 4.74 Å². The van der Waals surface area contributed by atoms with Crippen molar-refractivity contribution in [1.82, 2.24) is 0 Å². The van der Waals surface area contributed by atoms with E-state index in [1.807, 2.05) is 0 Å². The van der Waals surface area contributed by atoms with Crippen LogP contribution in [-0.4, -0.2) is 29.3 Å². The second kappa shape index (κ2) is 4.78. The number of esters is 2. The van der Waals surface area contributed by atoms with Gasteiger partial charge in [-0.2, -0.15) is 0 Å². The van der Waals surface area contributed by atoms with Crippen LogP contribution in [0.3, 0.4) is 0 Å². The predicted octanol–water partition coefficient (Wildman–Crippen LogP) is -0.171. The highest BCUT2D eigenvalue weighted by atomic mass is 16.6. The molecule has 16 heavy (non-hydrogen) atoms. The normalized spacial score (nSPS) is 10.5. The monoisotopic (exact) mass is 228 g/mol. The van der Waals surface area contributed by atoms with Gasteiger partial charge in [-0.05, 0) is 20.8 Å². The molecular formula is C10H12O6. The van der Waals surface area contributed by atoms with Gasteiger partial charge in [0.2, 0.25) is 5.41 Å². The molecule has 0 radical (unpaired) electrons. The van der Waals surface area contributed by atoms with E-state index in [1.165, 1.54) is 0 Å². The molecule has 6 heteroatoms. The van der Waals surface area contributed by atoms with Gasteiger partial charge in [0.15, 0.2) is 17.3 Å². The second-order valence-corrected chi connectivity index (χ2v) is 3.30. The average molecular weight is 228 g/mol. The average Bonchev–Trinajstić information content (AvgIpc) is 1.99. The molecule has 0 aromatic rings. The van der Waals surface area contributed by atoms with Crippen LogP contribution in [0.15, 0.2) is 0 Å². The number of rotatable bonds is 4. The summed E-state index contributed by atoms with van der Waals surface area (Å²) in [4.78, 5) is 56.0. The third-order valence-electron chi connectivity index (χ3n) is 2.13. The molecule has 0 aliphatic rings. The summed E-state index contributed by atoms with van der Waals surface area (Å²) in [5, 5.41) is 0. The van der Waals surface area contributed by atoms with Gasteiger partial charge in [0.25, 0.3) is 0 Å². The SMILES string of the molecule is CC(=O)OC(=O)C(C(C)=O)(C(C)=O)C(C)=O. The number of hydrogen-bond acceptors (Lipinski definition) is 6. The molecule has 6 nitrogen and oxygen atoms in total. The number of carbonyl (C=O) groups excluding carboxylic acids is 5. The molecule has 0 fully saturated rings. The van der Waals surface area contributed by atoms with Crippen molar-refractivity contribution in [3.63, 3.8) is 0 Å². The van der Waals surface area contributed by atoms with Crippen molar-refractivity contribution in [2.45, 2.75) is 27.7 Å². The summed E-state index contributed by atoms with van der Waals surface area (Å²) in [5.41, 5.74) is -2.51. The van der Waals surface area contributed by atoms with Crippen LogP contribution < -0.4 is 0 Å². The summed E-state index contributed by atoms with van der Waals surface area (Å²) in [6.45, 7) is 3.70. The Hall–Kier alpha value is -1.85. The zero-order valence-electron chi connectivity index (χ0n) is 9.45. The molecule has 0 N–H and O–H groups in total. The molecule has 0 aromatic heterocycles. The highest BCUT2D eigenvalue weighted by Crippen LogP contribution is 2.24. The van der Waals surface area contributed by atoms with Crippen molar-refractivity contribution in [1.29, 1.82) is 0 Å². The van der Waals surface area contributed by atoms with Gasteiger partial charge in [0.05, 0.1) is 0 Å². The van der Waals surface area contributed by atoms with Gasteiger partial charge in [0.1, 0.15) is 0 Å². The van der Waals surface area contributed by atoms with E-state index in [9.17, 15) is 24.0 Å². The summed E-state index contributed by atoms with van der Waals surface area (Å²) >= 11 is 0. The molecule has 0 aliphatic heterocycles. The first kappa shape index (κ1) is 14.2. The first-order valence-corrected chi connectivity index (χ1v) is 4.43. The van der Waals surface area contributed by atoms with Crippen molar-refractivity contribution < 1.29 is 28.7 Å². The minimum atomic E-state index is -2.51. The molecule has 0 amide bonds. The summed E-state index contributed by atoms with van der Waals surface area (Å²) in [7, 11) is 0. The van der Waals surface area contributed by atoms with Crippen LogP contribution >= 0.6 is 0 Å². The molecule has 0 atom stereocenters. The second-order valence-electron chi connectivity index (χ2n) is 3.30. The van der Waals surface area contributed by atoms with E-state index < -0.39 is 34.7 Å². The molecule has 0 unspecified atom stereocenters. The predicted molar refractivity (Wildman–Crippen MR) is 51.2 cm³/mol. The Morgan fingerprint density at radius 1 is 0.750 bits per heavy atom. The number of Topliss-reactive ketones (excluding diaryl/α,β-unsaturated/α-hetero) is 3. The third kappa shape index (κ3) is 2.21. The molecule has 0 saturated heterocycles. The fourth-order valence-electron chi connectivity index (χ4n) is 1.38. The van der Waals surface area contributed by atoms with Gasteiger partial charge in [-0.25, -0.2) is 4.79 Å². The number of carbonyl (C=O) groups is 5. The van der Waals surface area contributed by atoms with E-state index in [1.54, 1.807) is 0 Å². The first-order valence-electron chi connectivity index (χ1n) is 4.43. The largest absolute Gasteiger partial charge is 0.392 e. The molecular weight excluding hydrogens is 216 g/mol. The molecule has 0 bridgehead atoms. The smallest absolute Gasteiger partial charge is 0.342 e. The highest BCUT2D eigenvalue weighted by molar-refractivity contribution is 6.36. The van der Waals surface area contributed by atoms with Crippen LogP contribution in [0.1, 0.15) is 27.7 Å². The van der Waals surface area contributed by atoms with Crippen molar-refractivity contribution in [2.24, 2.45) is 5.41 Å². The van der Waals surface area contributed by atoms with Gasteiger partial charge >= 0.3 is 11.9 Å². The van der Waals surface area contributed by atoms with Crippen LogP contribution in [0.25, 0.3) is 0 Å². The molecule has 0 rings (SSSR count). The molecule has 0 aliphatic carbocycles. The topological polar surface area (TPSA) is 94.6 Å². The Balaban J connectivity index is 5.63. The van der Waals surface area contributed by atoms with E-state index >= 15 is 0 Å². The van der Waals surface area contributed by atoms with Crippen LogP contribution in [0.4, 0.5) is 0 Å². The third-order valence-corrected chi connectivity index (χ3v) is 2.13. The molecule has 0 spiro atoms. The maximum atomic E-state index is 11.5. The summed E-state index contributed by atoms with van der Waals surface area (Å²) in [5.74, 6) is -5.30. The molecule has 0 heterocycles. The quantitative estimate of drug-likeness (QED) is 0.489. The van der Waals surface area contributed by atoms with E-state index in [2.05, 4.69) is 4.74 Å². The standard InChI is InChI=1S/C10H12O6/c1-5(11)10(6(2)12,7(3)13)9(15)16-8(4)14/h1-4H3. The molecule has 0 aromatic carbocycles. The summed E-state index contributed by atoms with van der Waals surface area (Å²) in [6.07, 6.45) is 0. The minimum Gasteiger partial charge on any atom is -0.392 e. The Morgan fingerprint density at radius 3 is 1.25 bits per heavy atom. The van der Waals surface area contributed by atoms with Crippen LogP contribution in [0, 0.1) is 5.41 Å². The number of ketones is 3. The van der Waals surface area contributed by atoms with Gasteiger partial charge in [-0.1, -0.05) is 0 Å². The van der Waals surface area contributed by atoms with Crippen LogP contribution in [-0.2, 0) is 28.7 Å². The zero-order chi connectivity index (χ0) is 13.1. The number of ether oxygens (including phenoxy) is 1. The maximum Gasteiger partial charge on any atom is 0.342 e. The van der Waals surface area contributed by atoms with E-state index in [4.69, 9.17) is 0 Å². The van der Waals surface area contributed by atoms with E-state index in [-0.39, 0.29) is 0 Å². The Kier molecular flexibility index (Phi) is 4.23. The highest BCUT2D eigenvalue weighted by Gasteiger charge is 2.54. The lowest BCUT2D eigenvalue weighted by molar-refractivity contribution is -0.170. The summed E-state index contributed by atoms with van der Waals surface area (Å²) in [6, 6.07) is 0. The van der Waals surface area contributed by atoms with Gasteiger partial charge in [-0.15, -0.1) is 0 Å². The Morgan fingerprint density at radius 2 is 1.06 bits per heavy atom. The van der Waals surface area contributed by atoms with Crippen LogP contribution in [0.2, 0.25) is 0 Å². The van der Waals surface area contributed by atoms with Gasteiger partial charge in [-0.3, -0.25) is 19.2 Å². The Labute approximate surface area is 91.9 Å². The van der Waals surface area contributed by atoms with Crippen molar-refractivity contribution >= 4 is 29.3 Å². The fourth-order valence-corrected chi connectivity index (χ4v) is 1.38. The molecule has 0 saturated carbocycles. The lowest BCUT2D eigenvalue weighted by Crippen LogP contribution is -2.51. The molecule has 88 valence electrons. The zero-order valence-corrected chi connectivity index (χ0v) is 9.45. The lowest BCUT2D eigenvalue weighted by Gasteiger charge is -2.22.